The molecule has 1 aromatic carbocycles. The fourth-order valence-electron chi connectivity index (χ4n) is 2.11. The highest BCUT2D eigenvalue weighted by Crippen LogP contribution is 2.26. The van der Waals surface area contributed by atoms with Gasteiger partial charge in [-0.15, -0.1) is 5.10 Å². The molecular weight excluding hydrogens is 256 g/mol. The van der Waals surface area contributed by atoms with Crippen LogP contribution in [-0.4, -0.2) is 31.3 Å². The van der Waals surface area contributed by atoms with Crippen molar-refractivity contribution >= 4 is 5.97 Å². The summed E-state index contributed by atoms with van der Waals surface area (Å²) in [5, 5.41) is 20.9. The van der Waals surface area contributed by atoms with E-state index in [-0.39, 0.29) is 6.04 Å². The number of nitrogens with zero attached hydrogens (tertiary/aromatic N) is 4. The minimum Gasteiger partial charge on any atom is -0.481 e. The fraction of sp³-hybridized carbons (Fsp3) is 0.429. The molecule has 0 saturated carbocycles. The number of carbonyl (C=O) groups is 1. The lowest BCUT2D eigenvalue weighted by Crippen LogP contribution is -2.23. The smallest absolute Gasteiger partial charge is 0.308 e. The van der Waals surface area contributed by atoms with Gasteiger partial charge in [0.2, 0.25) is 0 Å². The van der Waals surface area contributed by atoms with Crippen LogP contribution in [0.5, 0.6) is 0 Å². The maximum Gasteiger partial charge on any atom is 0.308 e. The highest BCUT2D eigenvalue weighted by atomic mass is 16.4. The van der Waals surface area contributed by atoms with Crippen molar-refractivity contribution in [2.24, 2.45) is 5.92 Å². The van der Waals surface area contributed by atoms with Crippen LogP contribution in [0.1, 0.15) is 32.4 Å². The number of aromatic nitrogens is 4. The molecule has 106 valence electrons. The molecule has 0 amide bonds. The summed E-state index contributed by atoms with van der Waals surface area (Å²) in [6, 6.07) is 7.57. The van der Waals surface area contributed by atoms with Crippen LogP contribution in [0.3, 0.4) is 0 Å². The molecule has 0 fully saturated rings. The van der Waals surface area contributed by atoms with E-state index in [1.165, 1.54) is 0 Å². The van der Waals surface area contributed by atoms with Crippen LogP contribution < -0.4 is 0 Å². The molecule has 1 aromatic heterocycles. The van der Waals surface area contributed by atoms with Crippen molar-refractivity contribution in [1.82, 2.24) is 20.2 Å². The van der Waals surface area contributed by atoms with Crippen molar-refractivity contribution in [3.63, 3.8) is 0 Å². The fourth-order valence-corrected chi connectivity index (χ4v) is 2.11. The average Bonchev–Trinajstić information content (AvgIpc) is 2.94. The van der Waals surface area contributed by atoms with Gasteiger partial charge in [-0.05, 0) is 36.3 Å². The Labute approximate surface area is 117 Å². The first-order chi connectivity index (χ1) is 9.56. The Balaban J connectivity index is 2.45. The van der Waals surface area contributed by atoms with E-state index in [4.69, 9.17) is 5.11 Å². The summed E-state index contributed by atoms with van der Waals surface area (Å²) >= 11 is 0. The summed E-state index contributed by atoms with van der Waals surface area (Å²) < 4.78 is 1.59. The van der Waals surface area contributed by atoms with Crippen LogP contribution in [0.25, 0.3) is 11.4 Å². The van der Waals surface area contributed by atoms with Crippen molar-refractivity contribution in [2.75, 3.05) is 0 Å². The molecule has 6 nitrogen and oxygen atoms in total. The predicted molar refractivity (Wildman–Crippen MR) is 74.1 cm³/mol. The lowest BCUT2D eigenvalue weighted by molar-refractivity contribution is -0.142. The number of benzene rings is 1. The first-order valence-corrected chi connectivity index (χ1v) is 6.65. The first kappa shape index (κ1) is 14.2. The lowest BCUT2D eigenvalue weighted by atomic mass is 10.0. The van der Waals surface area contributed by atoms with E-state index < -0.39 is 11.9 Å². The van der Waals surface area contributed by atoms with Gasteiger partial charge in [0.05, 0.1) is 12.0 Å². The van der Waals surface area contributed by atoms with Gasteiger partial charge < -0.3 is 5.11 Å². The van der Waals surface area contributed by atoms with Crippen molar-refractivity contribution in [3.8, 4) is 11.4 Å². The van der Waals surface area contributed by atoms with Crippen LogP contribution in [0, 0.1) is 5.92 Å². The number of carboxylic acid groups (broad SMARTS) is 1. The molecule has 1 heterocycles. The highest BCUT2D eigenvalue weighted by Gasteiger charge is 2.25. The number of aryl methyl sites for hydroxylation is 1. The summed E-state index contributed by atoms with van der Waals surface area (Å²) in [7, 11) is 0. The van der Waals surface area contributed by atoms with Gasteiger partial charge in [-0.2, -0.15) is 0 Å². The van der Waals surface area contributed by atoms with Gasteiger partial charge in [-0.3, -0.25) is 4.79 Å². The Morgan fingerprint density at radius 2 is 2.05 bits per heavy atom. The third-order valence-electron chi connectivity index (χ3n) is 3.63. The molecule has 0 saturated heterocycles. The molecule has 1 N–H and O–H groups in total. The number of aliphatic carboxylic acids is 1. The molecule has 20 heavy (non-hydrogen) atoms. The van der Waals surface area contributed by atoms with Gasteiger partial charge >= 0.3 is 5.97 Å². The molecule has 2 unspecified atom stereocenters. The predicted octanol–water partition coefficient (Wildman–Crippen LogP) is 2.18. The second kappa shape index (κ2) is 5.81. The number of rotatable bonds is 5. The zero-order valence-corrected chi connectivity index (χ0v) is 11.8. The molecule has 0 aliphatic rings. The number of hydrogen-bond acceptors (Lipinski definition) is 4. The molecule has 2 aromatic rings. The van der Waals surface area contributed by atoms with Crippen LogP contribution in [0.15, 0.2) is 24.3 Å². The van der Waals surface area contributed by atoms with Crippen LogP contribution >= 0.6 is 0 Å². The van der Waals surface area contributed by atoms with E-state index in [1.807, 2.05) is 31.2 Å². The molecule has 0 spiro atoms. The Bertz CT molecular complexity index is 609. The van der Waals surface area contributed by atoms with Crippen molar-refractivity contribution in [3.05, 3.63) is 29.8 Å². The molecule has 0 aliphatic carbocycles. The zero-order chi connectivity index (χ0) is 14.7. The molecule has 2 rings (SSSR count). The third-order valence-corrected chi connectivity index (χ3v) is 3.63. The minimum atomic E-state index is -0.859. The number of hydrogen-bond donors (Lipinski definition) is 1. The normalized spacial score (nSPS) is 13.9. The molecule has 0 aliphatic heterocycles. The molecule has 6 heteroatoms. The molecule has 0 bridgehead atoms. The summed E-state index contributed by atoms with van der Waals surface area (Å²) in [6.45, 7) is 5.54. The van der Waals surface area contributed by atoms with Gasteiger partial charge in [-0.1, -0.05) is 31.2 Å². The Morgan fingerprint density at radius 1 is 1.35 bits per heavy atom. The van der Waals surface area contributed by atoms with Gasteiger partial charge in [0, 0.05) is 5.56 Å². The zero-order valence-electron chi connectivity index (χ0n) is 11.8. The standard InChI is InChI=1S/C14H18N4O2/c1-4-11-7-5-6-8-12(11)13-15-16-17-18(13)10(3)9(2)14(19)20/h5-10H,4H2,1-3H3,(H,19,20). The van der Waals surface area contributed by atoms with E-state index in [2.05, 4.69) is 22.4 Å². The van der Waals surface area contributed by atoms with E-state index in [0.29, 0.717) is 5.82 Å². The quantitative estimate of drug-likeness (QED) is 0.903. The first-order valence-electron chi connectivity index (χ1n) is 6.65. The SMILES string of the molecule is CCc1ccccc1-c1nnnn1C(C)C(C)C(=O)O. The highest BCUT2D eigenvalue weighted by molar-refractivity contribution is 5.70. The van der Waals surface area contributed by atoms with E-state index in [0.717, 1.165) is 17.5 Å². The Morgan fingerprint density at radius 3 is 2.70 bits per heavy atom. The summed E-state index contributed by atoms with van der Waals surface area (Å²) in [6.07, 6.45) is 0.867. The molecular formula is C14H18N4O2. The van der Waals surface area contributed by atoms with E-state index in [1.54, 1.807) is 11.6 Å². The van der Waals surface area contributed by atoms with Crippen molar-refractivity contribution < 1.29 is 9.90 Å². The maximum absolute atomic E-state index is 11.1. The topological polar surface area (TPSA) is 80.9 Å². The third kappa shape index (κ3) is 2.54. The van der Waals surface area contributed by atoms with E-state index >= 15 is 0 Å². The summed E-state index contributed by atoms with van der Waals surface area (Å²) in [5.74, 6) is -0.809. The van der Waals surface area contributed by atoms with E-state index in [9.17, 15) is 4.79 Å². The molecule has 0 radical (unpaired) electrons. The largest absolute Gasteiger partial charge is 0.481 e. The van der Waals surface area contributed by atoms with Crippen molar-refractivity contribution in [2.45, 2.75) is 33.2 Å². The summed E-state index contributed by atoms with van der Waals surface area (Å²) in [4.78, 5) is 11.1. The maximum atomic E-state index is 11.1. The summed E-state index contributed by atoms with van der Waals surface area (Å²) in [5.41, 5.74) is 2.09. The van der Waals surface area contributed by atoms with Gasteiger partial charge in [0.15, 0.2) is 5.82 Å². The second-order valence-electron chi connectivity index (χ2n) is 4.83. The lowest BCUT2D eigenvalue weighted by Gasteiger charge is -2.18. The Hall–Kier alpha value is -2.24. The Kier molecular flexibility index (Phi) is 4.12. The number of carboxylic acids is 1. The second-order valence-corrected chi connectivity index (χ2v) is 4.83. The monoisotopic (exact) mass is 274 g/mol. The van der Waals surface area contributed by atoms with Gasteiger partial charge in [-0.25, -0.2) is 4.68 Å². The minimum absolute atomic E-state index is 0.317. The van der Waals surface area contributed by atoms with Crippen molar-refractivity contribution in [1.29, 1.82) is 0 Å². The van der Waals surface area contributed by atoms with Crippen LogP contribution in [-0.2, 0) is 11.2 Å². The van der Waals surface area contributed by atoms with Crippen LogP contribution in [0.4, 0.5) is 0 Å². The van der Waals surface area contributed by atoms with Gasteiger partial charge in [0.25, 0.3) is 0 Å². The average molecular weight is 274 g/mol. The van der Waals surface area contributed by atoms with Crippen LogP contribution in [0.2, 0.25) is 0 Å². The van der Waals surface area contributed by atoms with Gasteiger partial charge in [0.1, 0.15) is 0 Å². The molecule has 2 atom stereocenters. The number of tetrazole rings is 1.